The topological polar surface area (TPSA) is 42.6 Å². The average molecular weight is 170 g/mol. The van der Waals surface area contributed by atoms with Crippen LogP contribution < -0.4 is 0 Å². The molecular weight excluding hydrogens is 156 g/mol. The molecule has 1 aromatic rings. The maximum Gasteiger partial charge on any atom is 0.142 e. The van der Waals surface area contributed by atoms with Gasteiger partial charge in [-0.3, -0.25) is 0 Å². The van der Waals surface area contributed by atoms with E-state index in [0.29, 0.717) is 12.4 Å². The molecule has 1 atom stereocenters. The highest BCUT2D eigenvalue weighted by Gasteiger charge is 2.25. The molecule has 1 heterocycles. The van der Waals surface area contributed by atoms with Gasteiger partial charge in [0.15, 0.2) is 0 Å². The normalized spacial score (nSPS) is 15.9. The van der Waals surface area contributed by atoms with Crippen molar-refractivity contribution in [3.05, 3.63) is 24.2 Å². The fourth-order valence-corrected chi connectivity index (χ4v) is 0.957. The van der Waals surface area contributed by atoms with E-state index in [1.54, 1.807) is 19.1 Å². The van der Waals surface area contributed by atoms with Gasteiger partial charge in [0.2, 0.25) is 0 Å². The molecule has 3 heteroatoms. The van der Waals surface area contributed by atoms with Crippen molar-refractivity contribution in [2.75, 3.05) is 13.2 Å². The molecule has 0 aliphatic heterocycles. The zero-order valence-corrected chi connectivity index (χ0v) is 7.41. The lowest BCUT2D eigenvalue weighted by molar-refractivity contribution is -0.0479. The highest BCUT2D eigenvalue weighted by atomic mass is 16.5. The van der Waals surface area contributed by atoms with Crippen LogP contribution in [0.1, 0.15) is 19.6 Å². The molecule has 0 bridgehead atoms. The third-order valence-electron chi connectivity index (χ3n) is 1.64. The Morgan fingerprint density at radius 3 is 2.92 bits per heavy atom. The maximum absolute atomic E-state index is 9.79. The van der Waals surface area contributed by atoms with Crippen LogP contribution in [-0.4, -0.2) is 18.3 Å². The third-order valence-corrected chi connectivity index (χ3v) is 1.64. The second-order valence-electron chi connectivity index (χ2n) is 2.89. The lowest BCUT2D eigenvalue weighted by Crippen LogP contribution is -2.27. The highest BCUT2D eigenvalue weighted by Crippen LogP contribution is 2.20. The molecule has 3 nitrogen and oxygen atoms in total. The Morgan fingerprint density at radius 2 is 2.42 bits per heavy atom. The van der Waals surface area contributed by atoms with Crippen LogP contribution in [0, 0.1) is 0 Å². The molecule has 0 spiro atoms. The van der Waals surface area contributed by atoms with Crippen molar-refractivity contribution in [2.45, 2.75) is 19.4 Å². The summed E-state index contributed by atoms with van der Waals surface area (Å²) in [7, 11) is 0. The summed E-state index contributed by atoms with van der Waals surface area (Å²) in [6.07, 6.45) is 1.54. The van der Waals surface area contributed by atoms with Crippen molar-refractivity contribution in [3.8, 4) is 0 Å². The van der Waals surface area contributed by atoms with Crippen LogP contribution in [0.15, 0.2) is 22.8 Å². The summed E-state index contributed by atoms with van der Waals surface area (Å²) in [6.45, 7) is 4.41. The SMILES string of the molecule is CCOCC(C)(O)c1ccco1. The molecular formula is C9H14O3. The van der Waals surface area contributed by atoms with E-state index in [-0.39, 0.29) is 6.61 Å². The van der Waals surface area contributed by atoms with Crippen LogP contribution in [0.3, 0.4) is 0 Å². The fraction of sp³-hybridized carbons (Fsp3) is 0.556. The summed E-state index contributed by atoms with van der Waals surface area (Å²) in [5.41, 5.74) is -1.01. The van der Waals surface area contributed by atoms with E-state index in [2.05, 4.69) is 0 Å². The van der Waals surface area contributed by atoms with Crippen molar-refractivity contribution in [1.29, 1.82) is 0 Å². The van der Waals surface area contributed by atoms with Crippen molar-refractivity contribution in [1.82, 2.24) is 0 Å². The summed E-state index contributed by atoms with van der Waals surface area (Å²) in [4.78, 5) is 0. The molecule has 0 amide bonds. The van der Waals surface area contributed by atoms with Gasteiger partial charge in [0.1, 0.15) is 11.4 Å². The molecule has 0 fully saturated rings. The van der Waals surface area contributed by atoms with E-state index in [1.165, 1.54) is 6.26 Å². The van der Waals surface area contributed by atoms with Gasteiger partial charge in [-0.05, 0) is 26.0 Å². The van der Waals surface area contributed by atoms with Gasteiger partial charge >= 0.3 is 0 Å². The van der Waals surface area contributed by atoms with Crippen LogP contribution in [-0.2, 0) is 10.3 Å². The van der Waals surface area contributed by atoms with E-state index in [9.17, 15) is 5.11 Å². The van der Waals surface area contributed by atoms with E-state index < -0.39 is 5.60 Å². The first-order valence-corrected chi connectivity index (χ1v) is 4.01. The zero-order chi connectivity index (χ0) is 9.03. The summed E-state index contributed by atoms with van der Waals surface area (Å²) >= 11 is 0. The molecule has 1 unspecified atom stereocenters. The molecule has 0 saturated heterocycles. The molecule has 0 aliphatic carbocycles. The third kappa shape index (κ3) is 2.09. The Labute approximate surface area is 72.0 Å². The second kappa shape index (κ2) is 3.74. The molecule has 1 N–H and O–H groups in total. The quantitative estimate of drug-likeness (QED) is 0.745. The van der Waals surface area contributed by atoms with E-state index in [0.717, 1.165) is 0 Å². The fourth-order valence-electron chi connectivity index (χ4n) is 0.957. The van der Waals surface area contributed by atoms with E-state index in [1.807, 2.05) is 6.92 Å². The van der Waals surface area contributed by atoms with Gasteiger partial charge in [-0.2, -0.15) is 0 Å². The lowest BCUT2D eigenvalue weighted by Gasteiger charge is -2.19. The summed E-state index contributed by atoms with van der Waals surface area (Å²) in [6, 6.07) is 3.48. The predicted molar refractivity (Wildman–Crippen MR) is 44.8 cm³/mol. The first-order chi connectivity index (χ1) is 5.67. The zero-order valence-electron chi connectivity index (χ0n) is 7.41. The van der Waals surface area contributed by atoms with Crippen molar-refractivity contribution >= 4 is 0 Å². The Hall–Kier alpha value is -0.800. The van der Waals surface area contributed by atoms with Crippen LogP contribution in [0.25, 0.3) is 0 Å². The molecule has 68 valence electrons. The molecule has 0 saturated carbocycles. The Morgan fingerprint density at radius 1 is 1.67 bits per heavy atom. The van der Waals surface area contributed by atoms with Gasteiger partial charge in [-0.25, -0.2) is 0 Å². The predicted octanol–water partition coefficient (Wildman–Crippen LogP) is 1.52. The largest absolute Gasteiger partial charge is 0.466 e. The number of rotatable bonds is 4. The van der Waals surface area contributed by atoms with Crippen molar-refractivity contribution < 1.29 is 14.3 Å². The first-order valence-electron chi connectivity index (χ1n) is 4.01. The van der Waals surface area contributed by atoms with Gasteiger partial charge in [-0.15, -0.1) is 0 Å². The molecule has 0 aromatic carbocycles. The smallest absolute Gasteiger partial charge is 0.142 e. The highest BCUT2D eigenvalue weighted by molar-refractivity contribution is 5.07. The summed E-state index contributed by atoms with van der Waals surface area (Å²) in [5, 5.41) is 9.79. The van der Waals surface area contributed by atoms with Crippen molar-refractivity contribution in [2.24, 2.45) is 0 Å². The lowest BCUT2D eigenvalue weighted by atomic mass is 10.1. The van der Waals surface area contributed by atoms with Gasteiger partial charge in [-0.1, -0.05) is 0 Å². The number of furan rings is 1. The van der Waals surface area contributed by atoms with E-state index in [4.69, 9.17) is 9.15 Å². The Bertz CT molecular complexity index is 214. The molecule has 1 aromatic heterocycles. The van der Waals surface area contributed by atoms with Crippen LogP contribution in [0.4, 0.5) is 0 Å². The van der Waals surface area contributed by atoms with Crippen LogP contribution in [0.2, 0.25) is 0 Å². The van der Waals surface area contributed by atoms with Gasteiger partial charge < -0.3 is 14.3 Å². The van der Waals surface area contributed by atoms with E-state index >= 15 is 0 Å². The number of hydrogen-bond donors (Lipinski definition) is 1. The molecule has 0 aliphatic rings. The van der Waals surface area contributed by atoms with Gasteiger partial charge in [0.05, 0.1) is 12.9 Å². The van der Waals surface area contributed by atoms with Gasteiger partial charge in [0.25, 0.3) is 0 Å². The summed E-state index contributed by atoms with van der Waals surface area (Å²) in [5.74, 6) is 0.538. The monoisotopic (exact) mass is 170 g/mol. The number of aliphatic hydroxyl groups is 1. The minimum atomic E-state index is -1.01. The molecule has 1 rings (SSSR count). The number of ether oxygens (including phenoxy) is 1. The Balaban J connectivity index is 2.59. The number of hydrogen-bond acceptors (Lipinski definition) is 3. The second-order valence-corrected chi connectivity index (χ2v) is 2.89. The minimum Gasteiger partial charge on any atom is -0.466 e. The van der Waals surface area contributed by atoms with Crippen LogP contribution >= 0.6 is 0 Å². The summed E-state index contributed by atoms with van der Waals surface area (Å²) < 4.78 is 10.2. The average Bonchev–Trinajstić information content (AvgIpc) is 2.53. The standard InChI is InChI=1S/C9H14O3/c1-3-11-7-9(2,10)8-5-4-6-12-8/h4-6,10H,3,7H2,1-2H3. The van der Waals surface area contributed by atoms with Crippen molar-refractivity contribution in [3.63, 3.8) is 0 Å². The Kier molecular flexibility index (Phi) is 2.89. The first kappa shape index (κ1) is 9.29. The molecule has 12 heavy (non-hydrogen) atoms. The maximum atomic E-state index is 9.79. The van der Waals surface area contributed by atoms with Gasteiger partial charge in [0, 0.05) is 6.61 Å². The molecule has 0 radical (unpaired) electrons. The van der Waals surface area contributed by atoms with Crippen LogP contribution in [0.5, 0.6) is 0 Å². The minimum absolute atomic E-state index is 0.261.